The highest BCUT2D eigenvalue weighted by Crippen LogP contribution is 2.45. The van der Waals surface area contributed by atoms with Crippen LogP contribution < -0.4 is 0 Å². The minimum Gasteiger partial charge on any atom is -0.309 e. The van der Waals surface area contributed by atoms with Gasteiger partial charge in [-0.15, -0.1) is 0 Å². The van der Waals surface area contributed by atoms with Gasteiger partial charge in [-0.1, -0.05) is 194 Å². The van der Waals surface area contributed by atoms with E-state index in [1.165, 1.54) is 21.5 Å². The number of fused-ring (bicyclic) bond motifs is 9. The van der Waals surface area contributed by atoms with Gasteiger partial charge in [0, 0.05) is 77.1 Å². The zero-order valence-corrected chi connectivity index (χ0v) is 44.6. The summed E-state index contributed by atoms with van der Waals surface area (Å²) in [5.74, 6) is 1.12. The molecule has 16 rings (SSSR count). The molecule has 0 spiro atoms. The third-order valence-corrected chi connectivity index (χ3v) is 16.1. The molecule has 8 heteroatoms. The van der Waals surface area contributed by atoms with E-state index in [0.29, 0.717) is 28.6 Å². The summed E-state index contributed by atoms with van der Waals surface area (Å²) in [5.41, 5.74) is 17.6. The number of nitriles is 1. The molecule has 0 aliphatic carbocycles. The van der Waals surface area contributed by atoms with Gasteiger partial charge in [0.25, 0.3) is 0 Å². The zero-order chi connectivity index (χ0) is 55.0. The van der Waals surface area contributed by atoms with Gasteiger partial charge in [-0.25, -0.2) is 19.9 Å². The summed E-state index contributed by atoms with van der Waals surface area (Å²) in [6, 6.07) is 99.7. The minimum atomic E-state index is 0.448. The number of hydrogen-bond donors (Lipinski definition) is 0. The van der Waals surface area contributed by atoms with Crippen molar-refractivity contribution < 1.29 is 0 Å². The second-order valence-corrected chi connectivity index (χ2v) is 20.9. The Labute approximate surface area is 477 Å². The SMILES string of the molecule is N#Cc1cc(-c2cc(-c3ccccc3)nc(-c3ccccc3)n2)c(-n2c3ccc(-n4c5ccccc5c5ccccc54)cc3c3cc(-n4c5ccccc5c5ccccc54)ccc32)c(-c2cc(-c3ccccc3)nc(-c3ccccc3)n2)c1. The summed E-state index contributed by atoms with van der Waals surface area (Å²) in [6.07, 6.45) is 0. The van der Waals surface area contributed by atoms with Crippen LogP contribution in [0.5, 0.6) is 0 Å². The number of nitrogens with zero attached hydrogens (tertiary/aromatic N) is 8. The highest BCUT2D eigenvalue weighted by atomic mass is 15.0. The molecule has 0 unspecified atom stereocenters. The van der Waals surface area contributed by atoms with Crippen LogP contribution in [0.2, 0.25) is 0 Å². The Bertz CT molecular complexity index is 4730. The van der Waals surface area contributed by atoms with Crippen LogP contribution in [0.25, 0.3) is 150 Å². The molecule has 0 saturated carbocycles. The number of rotatable bonds is 9. The molecule has 83 heavy (non-hydrogen) atoms. The molecule has 0 bridgehead atoms. The lowest BCUT2D eigenvalue weighted by Gasteiger charge is -2.20. The second-order valence-electron chi connectivity index (χ2n) is 20.9. The maximum absolute atomic E-state index is 11.3. The summed E-state index contributed by atoms with van der Waals surface area (Å²) >= 11 is 0. The molecule has 0 saturated heterocycles. The molecule has 0 amide bonds. The highest BCUT2D eigenvalue weighted by molar-refractivity contribution is 6.15. The molecule has 386 valence electrons. The van der Waals surface area contributed by atoms with E-state index in [1.807, 2.05) is 109 Å². The fraction of sp³-hybridized carbons (Fsp3) is 0. The molecule has 0 fully saturated rings. The van der Waals surface area contributed by atoms with E-state index in [-0.39, 0.29) is 0 Å². The Balaban J connectivity index is 1.06. The molecule has 8 nitrogen and oxygen atoms in total. The average Bonchev–Trinajstić information content (AvgIpc) is 4.39. The van der Waals surface area contributed by atoms with E-state index >= 15 is 0 Å². The molecule has 5 heterocycles. The van der Waals surface area contributed by atoms with Crippen molar-refractivity contribution in [3.63, 3.8) is 0 Å². The van der Waals surface area contributed by atoms with Gasteiger partial charge < -0.3 is 13.7 Å². The predicted molar refractivity (Wildman–Crippen MR) is 338 cm³/mol. The monoisotopic (exact) mass is 1060 g/mol. The highest BCUT2D eigenvalue weighted by Gasteiger charge is 2.27. The van der Waals surface area contributed by atoms with Crippen molar-refractivity contribution >= 4 is 65.4 Å². The second kappa shape index (κ2) is 19.4. The predicted octanol–water partition coefficient (Wildman–Crippen LogP) is 18.4. The lowest BCUT2D eigenvalue weighted by Crippen LogP contribution is -2.06. The van der Waals surface area contributed by atoms with Gasteiger partial charge >= 0.3 is 0 Å². The largest absolute Gasteiger partial charge is 0.309 e. The first kappa shape index (κ1) is 47.5. The molecule has 16 aromatic rings. The van der Waals surface area contributed by atoms with E-state index in [1.54, 1.807) is 0 Å². The quantitative estimate of drug-likeness (QED) is 0.144. The third kappa shape index (κ3) is 7.90. The van der Waals surface area contributed by atoms with Gasteiger partial charge in [-0.2, -0.15) is 5.26 Å². The van der Waals surface area contributed by atoms with Crippen molar-refractivity contribution in [3.8, 4) is 90.9 Å². The van der Waals surface area contributed by atoms with E-state index < -0.39 is 0 Å². The molecule has 0 atom stereocenters. The lowest BCUT2D eigenvalue weighted by molar-refractivity contribution is 1.13. The van der Waals surface area contributed by atoms with E-state index in [2.05, 4.69) is 190 Å². The van der Waals surface area contributed by atoms with Crippen molar-refractivity contribution in [1.29, 1.82) is 5.26 Å². The van der Waals surface area contributed by atoms with E-state index in [9.17, 15) is 5.26 Å². The van der Waals surface area contributed by atoms with Gasteiger partial charge in [0.05, 0.1) is 73.2 Å². The Morgan fingerprint density at radius 3 is 0.940 bits per heavy atom. The topological polar surface area (TPSA) is 90.1 Å². The average molecular weight is 1060 g/mol. The number of benzene rings is 11. The van der Waals surface area contributed by atoms with Gasteiger partial charge in [0.1, 0.15) is 0 Å². The van der Waals surface area contributed by atoms with E-state index in [0.717, 1.165) is 106 Å². The van der Waals surface area contributed by atoms with E-state index in [4.69, 9.17) is 19.9 Å². The standard InChI is InChI=1S/C75H46N8/c76-47-48-41-61(65-45-63(49-21-5-1-6-22-49)77-74(79-65)51-25-9-3-10-26-51)73(62(42-48)66-46-64(50-23-7-2-8-24-50)78-75(80-66)52-27-11-4-12-28-52)83-71-39-37-53(81-67-33-17-13-29-55(67)56-30-14-18-34-68(56)81)43-59(71)60-44-54(38-40-72(60)83)82-69-35-19-15-31-57(69)58-32-16-20-36-70(58)82/h1-46H. The van der Waals surface area contributed by atoms with Crippen molar-refractivity contribution in [2.45, 2.75) is 0 Å². The van der Waals surface area contributed by atoms with Crippen molar-refractivity contribution in [1.82, 2.24) is 33.6 Å². The molecular formula is C75H46N8. The van der Waals surface area contributed by atoms with Gasteiger partial charge in [-0.05, 0) is 84.9 Å². The number of hydrogen-bond acceptors (Lipinski definition) is 5. The van der Waals surface area contributed by atoms with Crippen LogP contribution in [0.1, 0.15) is 5.56 Å². The smallest absolute Gasteiger partial charge is 0.160 e. The van der Waals surface area contributed by atoms with Crippen LogP contribution in [-0.4, -0.2) is 33.6 Å². The normalized spacial score (nSPS) is 11.6. The first-order valence-electron chi connectivity index (χ1n) is 27.8. The summed E-state index contributed by atoms with van der Waals surface area (Å²) in [6.45, 7) is 0. The Morgan fingerprint density at radius 2 is 0.578 bits per heavy atom. The summed E-state index contributed by atoms with van der Waals surface area (Å²) in [4.78, 5) is 21.5. The van der Waals surface area contributed by atoms with Gasteiger partial charge in [-0.3, -0.25) is 0 Å². The summed E-state index contributed by atoms with van der Waals surface area (Å²) in [5, 5.41) is 18.1. The van der Waals surface area contributed by atoms with Crippen molar-refractivity contribution in [3.05, 3.63) is 285 Å². The maximum Gasteiger partial charge on any atom is 0.160 e. The fourth-order valence-corrected chi connectivity index (χ4v) is 12.4. The first-order chi connectivity index (χ1) is 41.1. The van der Waals surface area contributed by atoms with Crippen LogP contribution in [0.3, 0.4) is 0 Å². The van der Waals surface area contributed by atoms with Crippen LogP contribution in [0.15, 0.2) is 279 Å². The molecule has 0 aliphatic rings. The summed E-state index contributed by atoms with van der Waals surface area (Å²) < 4.78 is 7.15. The molecule has 0 aliphatic heterocycles. The fourth-order valence-electron chi connectivity index (χ4n) is 12.4. The molecule has 0 N–H and O–H groups in total. The molecular weight excluding hydrogens is 1010 g/mol. The van der Waals surface area contributed by atoms with Crippen LogP contribution in [-0.2, 0) is 0 Å². The molecule has 0 radical (unpaired) electrons. The third-order valence-electron chi connectivity index (χ3n) is 16.1. The van der Waals surface area contributed by atoms with Crippen LogP contribution in [0.4, 0.5) is 0 Å². The first-order valence-corrected chi connectivity index (χ1v) is 27.8. The van der Waals surface area contributed by atoms with Crippen molar-refractivity contribution in [2.24, 2.45) is 0 Å². The van der Waals surface area contributed by atoms with Crippen LogP contribution >= 0.6 is 0 Å². The lowest BCUT2D eigenvalue weighted by atomic mass is 9.95. The van der Waals surface area contributed by atoms with Crippen LogP contribution in [0, 0.1) is 11.3 Å². The minimum absolute atomic E-state index is 0.448. The van der Waals surface area contributed by atoms with Gasteiger partial charge in [0.15, 0.2) is 11.6 Å². The Morgan fingerprint density at radius 1 is 0.265 bits per heavy atom. The zero-order valence-electron chi connectivity index (χ0n) is 44.6. The number of aromatic nitrogens is 7. The molecule has 5 aromatic heterocycles. The van der Waals surface area contributed by atoms with Crippen molar-refractivity contribution in [2.75, 3.05) is 0 Å². The maximum atomic E-state index is 11.3. The summed E-state index contributed by atoms with van der Waals surface area (Å²) in [7, 11) is 0. The van der Waals surface area contributed by atoms with Gasteiger partial charge in [0.2, 0.25) is 0 Å². The molecule has 11 aromatic carbocycles. The number of para-hydroxylation sites is 4. The Kier molecular flexibility index (Phi) is 11.1. The Hall–Kier alpha value is -11.5.